The summed E-state index contributed by atoms with van der Waals surface area (Å²) < 4.78 is 14.0. The van der Waals surface area contributed by atoms with Crippen LogP contribution in [-0.4, -0.2) is 23.5 Å². The van der Waals surface area contributed by atoms with Gasteiger partial charge in [0.25, 0.3) is 0 Å². The Balaban J connectivity index is 1.41. The van der Waals surface area contributed by atoms with Gasteiger partial charge in [0.2, 0.25) is 0 Å². The molecule has 0 amide bonds. The highest BCUT2D eigenvalue weighted by Crippen LogP contribution is 2.58. The van der Waals surface area contributed by atoms with Gasteiger partial charge in [-0.2, -0.15) is 0 Å². The maximum Gasteiger partial charge on any atom is 0.0921 e. The molecule has 4 atom stereocenters. The van der Waals surface area contributed by atoms with Gasteiger partial charge in [0.15, 0.2) is 0 Å². The molecule has 41 heavy (non-hydrogen) atoms. The van der Waals surface area contributed by atoms with E-state index in [-0.39, 0.29) is 12.2 Å². The first-order valence-electron chi connectivity index (χ1n) is 14.6. The number of hydrogen-bond donors (Lipinski definition) is 0. The van der Waals surface area contributed by atoms with Gasteiger partial charge >= 0.3 is 0 Å². The van der Waals surface area contributed by atoms with Crippen molar-refractivity contribution in [2.75, 3.05) is 0 Å². The zero-order valence-electron chi connectivity index (χ0n) is 23.3. The molecule has 3 heteroatoms. The van der Waals surface area contributed by atoms with Gasteiger partial charge in [0.05, 0.1) is 25.4 Å². The Bertz CT molecular complexity index is 1350. The minimum absolute atomic E-state index is 0.0286. The molecular formula is C38H37O2P. The normalized spacial score (nSPS) is 22.0. The summed E-state index contributed by atoms with van der Waals surface area (Å²) in [6.07, 6.45) is 1.88. The van der Waals surface area contributed by atoms with E-state index in [1.54, 1.807) is 0 Å². The molecule has 1 saturated heterocycles. The molecule has 1 heterocycles. The van der Waals surface area contributed by atoms with E-state index >= 15 is 0 Å². The van der Waals surface area contributed by atoms with Crippen LogP contribution in [0.2, 0.25) is 0 Å². The molecule has 5 aromatic carbocycles. The fraction of sp³-hybridized carbons (Fsp3) is 0.211. The maximum absolute atomic E-state index is 6.99. The monoisotopic (exact) mass is 556 g/mol. The lowest BCUT2D eigenvalue weighted by atomic mass is 9.98. The fourth-order valence-electron chi connectivity index (χ4n) is 6.07. The maximum atomic E-state index is 6.99. The first-order chi connectivity index (χ1) is 20.3. The van der Waals surface area contributed by atoms with Crippen LogP contribution >= 0.6 is 7.92 Å². The van der Waals surface area contributed by atoms with Crippen molar-refractivity contribution in [3.05, 3.63) is 174 Å². The van der Waals surface area contributed by atoms with Crippen molar-refractivity contribution >= 4 is 13.2 Å². The summed E-state index contributed by atoms with van der Waals surface area (Å²) in [7, 11) is -0.604. The van der Waals surface area contributed by atoms with Gasteiger partial charge in [-0.1, -0.05) is 160 Å². The van der Waals surface area contributed by atoms with Crippen LogP contribution in [0.1, 0.15) is 22.3 Å². The highest BCUT2D eigenvalue weighted by Gasteiger charge is 2.52. The van der Waals surface area contributed by atoms with E-state index in [9.17, 15) is 0 Å². The Labute approximate surface area is 245 Å². The molecule has 0 spiro atoms. The second kappa shape index (κ2) is 13.9. The lowest BCUT2D eigenvalue weighted by molar-refractivity contribution is -0.0786. The molecule has 2 nitrogen and oxygen atoms in total. The van der Waals surface area contributed by atoms with Crippen LogP contribution < -0.4 is 5.30 Å². The van der Waals surface area contributed by atoms with Gasteiger partial charge in [-0.3, -0.25) is 0 Å². The fourth-order valence-corrected chi connectivity index (χ4v) is 9.80. The van der Waals surface area contributed by atoms with E-state index < -0.39 is 7.92 Å². The van der Waals surface area contributed by atoms with Crippen LogP contribution in [0.25, 0.3) is 0 Å². The molecule has 6 rings (SSSR count). The van der Waals surface area contributed by atoms with E-state index in [1.807, 2.05) is 0 Å². The molecule has 1 fully saturated rings. The van der Waals surface area contributed by atoms with Crippen molar-refractivity contribution in [3.8, 4) is 0 Å². The van der Waals surface area contributed by atoms with E-state index in [0.717, 1.165) is 12.8 Å². The molecule has 0 bridgehead atoms. The third-order valence-corrected chi connectivity index (χ3v) is 11.3. The quantitative estimate of drug-likeness (QED) is 0.153. The number of ether oxygens (including phenoxy) is 2. The highest BCUT2D eigenvalue weighted by molar-refractivity contribution is 7.67. The van der Waals surface area contributed by atoms with Gasteiger partial charge in [-0.15, -0.1) is 0 Å². The molecule has 0 aromatic heterocycles. The van der Waals surface area contributed by atoms with Crippen LogP contribution in [0.15, 0.2) is 152 Å². The molecule has 0 saturated carbocycles. The number of hydrogen-bond acceptors (Lipinski definition) is 2. The lowest BCUT2D eigenvalue weighted by Crippen LogP contribution is -2.38. The lowest BCUT2D eigenvalue weighted by Gasteiger charge is -2.28. The predicted octanol–water partition coefficient (Wildman–Crippen LogP) is 8.20. The van der Waals surface area contributed by atoms with Gasteiger partial charge in [-0.05, 0) is 40.4 Å². The molecule has 0 aliphatic carbocycles. The van der Waals surface area contributed by atoms with Crippen LogP contribution in [0, 0.1) is 0 Å². The SMILES string of the molecule is c1ccc(CO[C@H]2[C@H](OCc3ccccc3)[C@H](Cc3ccccc3)P(c3ccccc3)[C@H]2Cc2ccccc2)cc1. The summed E-state index contributed by atoms with van der Waals surface area (Å²) in [6.45, 7) is 1.16. The number of rotatable bonds is 11. The van der Waals surface area contributed by atoms with Crippen molar-refractivity contribution in [1.82, 2.24) is 0 Å². The average Bonchev–Trinajstić information content (AvgIpc) is 3.32. The van der Waals surface area contributed by atoms with Crippen LogP contribution in [0.4, 0.5) is 0 Å². The Morgan fingerprint density at radius 3 is 1.07 bits per heavy atom. The molecule has 1 aliphatic rings. The summed E-state index contributed by atoms with van der Waals surface area (Å²) >= 11 is 0. The van der Waals surface area contributed by atoms with Gasteiger partial charge in [0.1, 0.15) is 0 Å². The molecule has 0 unspecified atom stereocenters. The minimum Gasteiger partial charge on any atom is -0.370 e. The predicted molar refractivity (Wildman–Crippen MR) is 171 cm³/mol. The van der Waals surface area contributed by atoms with Crippen molar-refractivity contribution in [3.63, 3.8) is 0 Å². The highest BCUT2D eigenvalue weighted by atomic mass is 31.1. The number of benzene rings is 5. The topological polar surface area (TPSA) is 18.5 Å². The Kier molecular flexibility index (Phi) is 9.35. The van der Waals surface area contributed by atoms with E-state index in [1.165, 1.54) is 27.6 Å². The molecular weight excluding hydrogens is 519 g/mol. The molecule has 1 aliphatic heterocycles. The van der Waals surface area contributed by atoms with E-state index in [4.69, 9.17) is 9.47 Å². The minimum atomic E-state index is -0.604. The third kappa shape index (κ3) is 7.03. The first kappa shape index (κ1) is 27.6. The van der Waals surface area contributed by atoms with Crippen LogP contribution in [0.5, 0.6) is 0 Å². The van der Waals surface area contributed by atoms with Gasteiger partial charge in [0, 0.05) is 11.3 Å². The summed E-state index contributed by atoms with van der Waals surface area (Å²) in [6, 6.07) is 54.1. The van der Waals surface area contributed by atoms with Gasteiger partial charge in [-0.25, -0.2) is 0 Å². The molecule has 206 valence electrons. The Morgan fingerprint density at radius 1 is 0.390 bits per heavy atom. The molecule has 0 radical (unpaired) electrons. The van der Waals surface area contributed by atoms with Crippen LogP contribution in [-0.2, 0) is 35.5 Å². The Morgan fingerprint density at radius 2 is 0.707 bits per heavy atom. The van der Waals surface area contributed by atoms with Crippen LogP contribution in [0.3, 0.4) is 0 Å². The summed E-state index contributed by atoms with van der Waals surface area (Å²) in [5, 5.41) is 1.43. The summed E-state index contributed by atoms with van der Waals surface area (Å²) in [4.78, 5) is 0. The summed E-state index contributed by atoms with van der Waals surface area (Å²) in [5.41, 5.74) is 5.76. The first-order valence-corrected chi connectivity index (χ1v) is 16.1. The van der Waals surface area contributed by atoms with E-state index in [0.29, 0.717) is 24.5 Å². The van der Waals surface area contributed by atoms with Crippen molar-refractivity contribution < 1.29 is 9.47 Å². The molecule has 0 N–H and O–H groups in total. The van der Waals surface area contributed by atoms with Crippen molar-refractivity contribution in [1.29, 1.82) is 0 Å². The standard InChI is InChI=1S/C38H37O2P/c1-6-16-30(17-7-1)26-35-37(39-28-32-20-10-3-11-21-32)38(40-29-33-22-12-4-13-23-33)36(27-31-18-8-2-9-19-31)41(35)34-24-14-5-15-25-34/h1-25,35-38H,26-29H2/t35-,36-,37+,38+/m0/s1. The van der Waals surface area contributed by atoms with Crippen molar-refractivity contribution in [2.45, 2.75) is 49.6 Å². The second-order valence-corrected chi connectivity index (χ2v) is 13.4. The van der Waals surface area contributed by atoms with E-state index in [2.05, 4.69) is 152 Å². The average molecular weight is 557 g/mol. The second-order valence-electron chi connectivity index (χ2n) is 10.8. The zero-order chi connectivity index (χ0) is 27.7. The molecule has 5 aromatic rings. The largest absolute Gasteiger partial charge is 0.370 e. The zero-order valence-corrected chi connectivity index (χ0v) is 24.2. The third-order valence-electron chi connectivity index (χ3n) is 8.00. The van der Waals surface area contributed by atoms with Crippen molar-refractivity contribution in [2.24, 2.45) is 0 Å². The summed E-state index contributed by atoms with van der Waals surface area (Å²) in [5.74, 6) is 0. The van der Waals surface area contributed by atoms with Gasteiger partial charge < -0.3 is 9.47 Å². The Hall–Kier alpha value is -3.55. The smallest absolute Gasteiger partial charge is 0.0921 e.